The Balaban J connectivity index is 1.94. The second-order valence-corrected chi connectivity index (χ2v) is 8.22. The van der Waals surface area contributed by atoms with Gasteiger partial charge in [-0.25, -0.2) is 13.2 Å². The van der Waals surface area contributed by atoms with E-state index in [1.165, 1.54) is 12.1 Å². The summed E-state index contributed by atoms with van der Waals surface area (Å²) in [6.45, 7) is 3.24. The van der Waals surface area contributed by atoms with Gasteiger partial charge in [0.15, 0.2) is 0 Å². The number of para-hydroxylation sites is 2. The molecule has 3 aromatic carbocycles. The highest BCUT2D eigenvalue weighted by Crippen LogP contribution is 2.25. The van der Waals surface area contributed by atoms with Crippen molar-refractivity contribution in [1.29, 1.82) is 0 Å². The third kappa shape index (κ3) is 4.23. The van der Waals surface area contributed by atoms with E-state index in [0.717, 1.165) is 15.4 Å². The van der Waals surface area contributed by atoms with Crippen LogP contribution in [0.3, 0.4) is 0 Å². The number of carbonyl (C=O) groups excluding carboxylic acids is 1. The molecular weight excluding hydrogens is 374 g/mol. The zero-order chi connectivity index (χ0) is 20.1. The van der Waals surface area contributed by atoms with Gasteiger partial charge >= 0.3 is 5.97 Å². The monoisotopic (exact) mass is 395 g/mol. The molecule has 3 aromatic rings. The van der Waals surface area contributed by atoms with Crippen LogP contribution < -0.4 is 9.04 Å². The molecule has 0 saturated heterocycles. The highest BCUT2D eigenvalue weighted by molar-refractivity contribution is 7.92. The molecule has 0 radical (unpaired) electrons. The average molecular weight is 395 g/mol. The highest BCUT2D eigenvalue weighted by atomic mass is 32.2. The van der Waals surface area contributed by atoms with E-state index in [1.807, 2.05) is 32.0 Å². The van der Waals surface area contributed by atoms with Crippen LogP contribution in [0, 0.1) is 13.8 Å². The fourth-order valence-corrected chi connectivity index (χ4v) is 4.28. The first-order chi connectivity index (χ1) is 13.4. The van der Waals surface area contributed by atoms with E-state index in [4.69, 9.17) is 4.74 Å². The number of anilines is 1. The molecular formula is C22H21NO4S. The number of esters is 1. The van der Waals surface area contributed by atoms with E-state index in [1.54, 1.807) is 48.5 Å². The van der Waals surface area contributed by atoms with Crippen LogP contribution in [0.4, 0.5) is 5.69 Å². The summed E-state index contributed by atoms with van der Waals surface area (Å²) < 4.78 is 32.9. The first-order valence-electron chi connectivity index (χ1n) is 8.79. The minimum atomic E-state index is -3.93. The van der Waals surface area contributed by atoms with Gasteiger partial charge in [0, 0.05) is 0 Å². The number of nitrogens with zero attached hydrogens (tertiary/aromatic N) is 1. The van der Waals surface area contributed by atoms with E-state index in [2.05, 4.69) is 0 Å². The van der Waals surface area contributed by atoms with E-state index in [-0.39, 0.29) is 4.90 Å². The molecule has 0 aliphatic heterocycles. The zero-order valence-electron chi connectivity index (χ0n) is 15.7. The second kappa shape index (κ2) is 8.27. The van der Waals surface area contributed by atoms with Gasteiger partial charge < -0.3 is 4.74 Å². The standard InChI is InChI=1S/C22H21NO4S/c1-17-10-9-11-18(2)22(17)27-21(24)16-23(19-12-5-3-6-13-19)28(25,26)20-14-7-4-8-15-20/h3-15H,16H2,1-2H3. The Kier molecular flexibility index (Phi) is 5.80. The molecule has 0 amide bonds. The number of benzene rings is 3. The van der Waals surface area contributed by atoms with Gasteiger partial charge in [-0.05, 0) is 49.2 Å². The highest BCUT2D eigenvalue weighted by Gasteiger charge is 2.28. The number of ether oxygens (including phenoxy) is 1. The molecule has 0 aliphatic carbocycles. The predicted molar refractivity (Wildman–Crippen MR) is 109 cm³/mol. The molecule has 0 spiro atoms. The summed E-state index contributed by atoms with van der Waals surface area (Å²) in [4.78, 5) is 12.8. The lowest BCUT2D eigenvalue weighted by molar-refractivity contribution is -0.132. The first-order valence-corrected chi connectivity index (χ1v) is 10.2. The van der Waals surface area contributed by atoms with Crippen LogP contribution in [-0.2, 0) is 14.8 Å². The molecule has 0 N–H and O–H groups in total. The minimum absolute atomic E-state index is 0.110. The maximum atomic E-state index is 13.2. The van der Waals surface area contributed by atoms with Gasteiger partial charge in [-0.3, -0.25) is 4.31 Å². The Morgan fingerprint density at radius 3 is 1.93 bits per heavy atom. The van der Waals surface area contributed by atoms with Crippen molar-refractivity contribution in [1.82, 2.24) is 0 Å². The van der Waals surface area contributed by atoms with Crippen molar-refractivity contribution in [3.63, 3.8) is 0 Å². The van der Waals surface area contributed by atoms with Crippen LogP contribution in [0.5, 0.6) is 5.75 Å². The van der Waals surface area contributed by atoms with Crippen molar-refractivity contribution in [2.75, 3.05) is 10.8 Å². The molecule has 6 heteroatoms. The SMILES string of the molecule is Cc1cccc(C)c1OC(=O)CN(c1ccccc1)S(=O)(=O)c1ccccc1. The van der Waals surface area contributed by atoms with Crippen molar-refractivity contribution in [2.24, 2.45) is 0 Å². The molecule has 0 heterocycles. The summed E-state index contributed by atoms with van der Waals surface area (Å²) in [6, 6.07) is 22.1. The van der Waals surface area contributed by atoms with Gasteiger partial charge in [0.2, 0.25) is 0 Å². The fourth-order valence-electron chi connectivity index (χ4n) is 2.85. The number of aryl methyl sites for hydroxylation is 2. The van der Waals surface area contributed by atoms with Crippen molar-refractivity contribution >= 4 is 21.7 Å². The molecule has 28 heavy (non-hydrogen) atoms. The van der Waals surface area contributed by atoms with E-state index >= 15 is 0 Å². The lowest BCUT2D eigenvalue weighted by Gasteiger charge is -2.24. The zero-order valence-corrected chi connectivity index (χ0v) is 16.5. The van der Waals surface area contributed by atoms with Crippen molar-refractivity contribution in [3.8, 4) is 5.75 Å². The fraction of sp³-hybridized carbons (Fsp3) is 0.136. The Morgan fingerprint density at radius 1 is 0.821 bits per heavy atom. The van der Waals surface area contributed by atoms with Crippen molar-refractivity contribution < 1.29 is 17.9 Å². The predicted octanol–water partition coefficient (Wildman–Crippen LogP) is 4.10. The first kappa shape index (κ1) is 19.6. The maximum absolute atomic E-state index is 13.2. The van der Waals surface area contributed by atoms with E-state index in [0.29, 0.717) is 11.4 Å². The lowest BCUT2D eigenvalue weighted by atomic mass is 10.1. The lowest BCUT2D eigenvalue weighted by Crippen LogP contribution is -2.37. The van der Waals surface area contributed by atoms with Gasteiger partial charge in [0.05, 0.1) is 10.6 Å². The van der Waals surface area contributed by atoms with Crippen LogP contribution in [0.15, 0.2) is 83.8 Å². The minimum Gasteiger partial charge on any atom is -0.425 e. The van der Waals surface area contributed by atoms with Gasteiger partial charge in [0.25, 0.3) is 10.0 Å². The van der Waals surface area contributed by atoms with Crippen LogP contribution >= 0.6 is 0 Å². The van der Waals surface area contributed by atoms with Crippen LogP contribution in [0.25, 0.3) is 0 Å². The molecule has 0 bridgehead atoms. The number of sulfonamides is 1. The molecule has 0 atom stereocenters. The van der Waals surface area contributed by atoms with Crippen LogP contribution in [0.1, 0.15) is 11.1 Å². The number of hydrogen-bond donors (Lipinski definition) is 0. The average Bonchev–Trinajstić information content (AvgIpc) is 2.70. The summed E-state index contributed by atoms with van der Waals surface area (Å²) in [6.07, 6.45) is 0. The second-order valence-electron chi connectivity index (χ2n) is 6.36. The van der Waals surface area contributed by atoms with Gasteiger partial charge in [-0.15, -0.1) is 0 Å². The molecule has 3 rings (SSSR count). The van der Waals surface area contributed by atoms with Gasteiger partial charge in [0.1, 0.15) is 12.3 Å². The molecule has 0 fully saturated rings. The van der Waals surface area contributed by atoms with Crippen molar-refractivity contribution in [3.05, 3.63) is 90.0 Å². The Morgan fingerprint density at radius 2 is 1.36 bits per heavy atom. The van der Waals surface area contributed by atoms with Gasteiger partial charge in [-0.1, -0.05) is 54.6 Å². The summed E-state index contributed by atoms with van der Waals surface area (Å²) in [5.74, 6) is -0.196. The number of carbonyl (C=O) groups is 1. The summed E-state index contributed by atoms with van der Waals surface area (Å²) in [5.41, 5.74) is 2.01. The Hall–Kier alpha value is -3.12. The van der Waals surface area contributed by atoms with Crippen LogP contribution in [0.2, 0.25) is 0 Å². The van der Waals surface area contributed by atoms with Crippen LogP contribution in [-0.4, -0.2) is 20.9 Å². The van der Waals surface area contributed by atoms with E-state index in [9.17, 15) is 13.2 Å². The quantitative estimate of drug-likeness (QED) is 0.466. The number of rotatable bonds is 6. The summed E-state index contributed by atoms with van der Waals surface area (Å²) in [5, 5.41) is 0. The molecule has 0 aromatic heterocycles. The Labute approximate surface area is 165 Å². The summed E-state index contributed by atoms with van der Waals surface area (Å²) >= 11 is 0. The largest absolute Gasteiger partial charge is 0.425 e. The Bertz CT molecular complexity index is 1040. The third-order valence-corrected chi connectivity index (χ3v) is 6.06. The molecule has 0 saturated carbocycles. The molecule has 0 unspecified atom stereocenters. The maximum Gasteiger partial charge on any atom is 0.332 e. The molecule has 0 aliphatic rings. The number of hydrogen-bond acceptors (Lipinski definition) is 4. The molecule has 144 valence electrons. The van der Waals surface area contributed by atoms with Crippen molar-refractivity contribution in [2.45, 2.75) is 18.7 Å². The van der Waals surface area contributed by atoms with E-state index < -0.39 is 22.5 Å². The topological polar surface area (TPSA) is 63.7 Å². The van der Waals surface area contributed by atoms with Gasteiger partial charge in [-0.2, -0.15) is 0 Å². The summed E-state index contributed by atoms with van der Waals surface area (Å²) in [7, 11) is -3.93. The smallest absolute Gasteiger partial charge is 0.332 e. The third-order valence-electron chi connectivity index (χ3n) is 4.27. The molecule has 5 nitrogen and oxygen atoms in total. The normalized spacial score (nSPS) is 11.1.